The molecule has 0 unspecified atom stereocenters. The highest BCUT2D eigenvalue weighted by Crippen LogP contribution is 2.47. The van der Waals surface area contributed by atoms with Crippen LogP contribution in [-0.4, -0.2) is 47.3 Å². The fraction of sp³-hybridized carbons (Fsp3) is 0.417. The summed E-state index contributed by atoms with van der Waals surface area (Å²) in [7, 11) is 0. The van der Waals surface area contributed by atoms with Crippen molar-refractivity contribution >= 4 is 11.8 Å². The van der Waals surface area contributed by atoms with Crippen LogP contribution in [0.15, 0.2) is 48.5 Å². The lowest BCUT2D eigenvalue weighted by Crippen LogP contribution is -2.70. The Labute approximate surface area is 190 Å². The molecule has 0 saturated heterocycles. The van der Waals surface area contributed by atoms with Crippen molar-refractivity contribution in [2.75, 3.05) is 13.2 Å². The average molecular weight is 460 g/mol. The van der Waals surface area contributed by atoms with E-state index in [9.17, 15) is 23.5 Å². The molecule has 3 N–H and O–H groups in total. The zero-order valence-electron chi connectivity index (χ0n) is 18.0. The predicted molar refractivity (Wildman–Crippen MR) is 115 cm³/mol. The van der Waals surface area contributed by atoms with E-state index in [-0.39, 0.29) is 30.6 Å². The molecule has 0 heterocycles. The van der Waals surface area contributed by atoms with E-state index in [4.69, 9.17) is 9.47 Å². The maximum absolute atomic E-state index is 13.2. The number of halogens is 2. The molecule has 3 fully saturated rings. The molecule has 2 aromatic rings. The van der Waals surface area contributed by atoms with Crippen molar-refractivity contribution in [1.29, 1.82) is 0 Å². The minimum atomic E-state index is -0.845. The number of benzene rings is 2. The number of rotatable bonds is 8. The summed E-state index contributed by atoms with van der Waals surface area (Å²) in [5, 5.41) is 16.7. The Bertz CT molecular complexity index is 1020. The van der Waals surface area contributed by atoms with E-state index in [1.54, 1.807) is 12.1 Å². The highest BCUT2D eigenvalue weighted by molar-refractivity contribution is 5.79. The number of aliphatic hydroxyl groups is 1. The van der Waals surface area contributed by atoms with Crippen LogP contribution >= 0.6 is 0 Å². The van der Waals surface area contributed by atoms with E-state index in [2.05, 4.69) is 10.6 Å². The zero-order valence-corrected chi connectivity index (χ0v) is 18.0. The summed E-state index contributed by atoms with van der Waals surface area (Å²) in [6.45, 7) is -0.558. The van der Waals surface area contributed by atoms with Gasteiger partial charge in [-0.2, -0.15) is 0 Å². The van der Waals surface area contributed by atoms with Gasteiger partial charge in [0.15, 0.2) is 13.2 Å². The van der Waals surface area contributed by atoms with Gasteiger partial charge in [0.2, 0.25) is 0 Å². The second-order valence-electron chi connectivity index (χ2n) is 8.74. The number of nitrogens with one attached hydrogen (secondary N) is 2. The molecule has 1 atom stereocenters. The van der Waals surface area contributed by atoms with Crippen LogP contribution in [0.1, 0.15) is 32.1 Å². The number of hydrogen-bond acceptors (Lipinski definition) is 5. The van der Waals surface area contributed by atoms with Gasteiger partial charge in [0, 0.05) is 17.7 Å². The smallest absolute Gasteiger partial charge is 0.258 e. The van der Waals surface area contributed by atoms with Crippen LogP contribution in [0.4, 0.5) is 8.78 Å². The van der Waals surface area contributed by atoms with Crippen LogP contribution in [0.3, 0.4) is 0 Å². The largest absolute Gasteiger partial charge is 0.484 e. The monoisotopic (exact) mass is 460 g/mol. The molecule has 3 aliphatic carbocycles. The maximum atomic E-state index is 13.2. The van der Waals surface area contributed by atoms with E-state index < -0.39 is 34.7 Å². The third-order valence-electron chi connectivity index (χ3n) is 6.45. The first-order chi connectivity index (χ1) is 15.8. The van der Waals surface area contributed by atoms with Gasteiger partial charge in [0.1, 0.15) is 23.1 Å². The van der Waals surface area contributed by atoms with Gasteiger partial charge >= 0.3 is 0 Å². The number of carbonyl (C=O) groups is 2. The number of carbonyl (C=O) groups excluding carboxylic acids is 2. The predicted octanol–water partition coefficient (Wildman–Crippen LogP) is 2.47. The van der Waals surface area contributed by atoms with Crippen molar-refractivity contribution in [1.82, 2.24) is 10.6 Å². The van der Waals surface area contributed by atoms with Crippen LogP contribution in [0.5, 0.6) is 11.5 Å². The lowest BCUT2D eigenvalue weighted by molar-refractivity contribution is -0.137. The van der Waals surface area contributed by atoms with Gasteiger partial charge in [0.05, 0.1) is 11.6 Å². The zero-order chi connectivity index (χ0) is 23.5. The fourth-order valence-electron chi connectivity index (χ4n) is 4.72. The summed E-state index contributed by atoms with van der Waals surface area (Å²) >= 11 is 0. The van der Waals surface area contributed by atoms with Gasteiger partial charge in [-0.25, -0.2) is 8.78 Å². The molecule has 0 spiro atoms. The van der Waals surface area contributed by atoms with E-state index in [0.717, 1.165) is 0 Å². The second-order valence-corrected chi connectivity index (χ2v) is 8.74. The van der Waals surface area contributed by atoms with Crippen LogP contribution in [0.2, 0.25) is 0 Å². The molecule has 0 aromatic heterocycles. The van der Waals surface area contributed by atoms with Gasteiger partial charge in [-0.15, -0.1) is 0 Å². The standard InChI is InChI=1S/C24H26F2N2O5/c25-16-3-1-5-18(11-16)32-14-21(30)27-23-7-9-24(10-8-23,20(29)13-23)28-22(31)15-33-19-6-2-4-17(26)12-19/h1-6,11-12,20,29H,7-10,13-15H2,(H,27,30)(H,28,31)/t20-,23?,24?/m1/s1. The van der Waals surface area contributed by atoms with Crippen molar-refractivity contribution in [3.8, 4) is 11.5 Å². The summed E-state index contributed by atoms with van der Waals surface area (Å²) in [6, 6.07) is 11.1. The Kier molecular flexibility index (Phi) is 6.51. The van der Waals surface area contributed by atoms with E-state index >= 15 is 0 Å². The van der Waals surface area contributed by atoms with Crippen molar-refractivity contribution in [2.24, 2.45) is 0 Å². The van der Waals surface area contributed by atoms with Crippen LogP contribution in [-0.2, 0) is 9.59 Å². The molecule has 3 saturated carbocycles. The number of hydrogen-bond donors (Lipinski definition) is 3. The number of fused-ring (bicyclic) bond motifs is 3. The SMILES string of the molecule is O=C(COc1cccc(F)c1)NC12CCC(NC(=O)COc3cccc(F)c3)(CC1)[C@H](O)C2. The number of amides is 2. The van der Waals surface area contributed by atoms with Crippen molar-refractivity contribution < 1.29 is 33.0 Å². The second kappa shape index (κ2) is 9.35. The summed E-state index contributed by atoms with van der Waals surface area (Å²) in [5.41, 5.74) is -1.36. The Morgan fingerprint density at radius 1 is 0.879 bits per heavy atom. The highest BCUT2D eigenvalue weighted by Gasteiger charge is 2.55. The first kappa shape index (κ1) is 23.0. The summed E-state index contributed by atoms with van der Waals surface area (Å²) in [5.74, 6) is -1.15. The molecule has 33 heavy (non-hydrogen) atoms. The summed E-state index contributed by atoms with van der Waals surface area (Å²) < 4.78 is 37.2. The van der Waals surface area contributed by atoms with Crippen LogP contribution in [0.25, 0.3) is 0 Å². The first-order valence-corrected chi connectivity index (χ1v) is 10.8. The number of aliphatic hydroxyl groups excluding tert-OH is 1. The average Bonchev–Trinajstić information content (AvgIpc) is 2.78. The Balaban J connectivity index is 1.28. The van der Waals surface area contributed by atoms with Gasteiger partial charge in [0.25, 0.3) is 11.8 Å². The molecule has 2 aromatic carbocycles. The molecular weight excluding hydrogens is 434 g/mol. The molecule has 0 aliphatic heterocycles. The lowest BCUT2D eigenvalue weighted by Gasteiger charge is -2.56. The maximum Gasteiger partial charge on any atom is 0.258 e. The Morgan fingerprint density at radius 3 is 1.88 bits per heavy atom. The molecule has 9 heteroatoms. The molecule has 0 radical (unpaired) electrons. The molecule has 7 nitrogen and oxygen atoms in total. The van der Waals surface area contributed by atoms with Crippen molar-refractivity contribution in [3.63, 3.8) is 0 Å². The quantitative estimate of drug-likeness (QED) is 0.563. The molecule has 2 amide bonds. The summed E-state index contributed by atoms with van der Waals surface area (Å²) in [4.78, 5) is 24.9. The van der Waals surface area contributed by atoms with Crippen molar-refractivity contribution in [2.45, 2.75) is 49.3 Å². The molecule has 3 aliphatic rings. The summed E-state index contributed by atoms with van der Waals surface area (Å²) in [6.07, 6.45) is 1.60. The molecule has 176 valence electrons. The van der Waals surface area contributed by atoms with Crippen LogP contribution < -0.4 is 20.1 Å². The topological polar surface area (TPSA) is 96.9 Å². The van der Waals surface area contributed by atoms with Gasteiger partial charge in [-0.3, -0.25) is 9.59 Å². The third-order valence-corrected chi connectivity index (χ3v) is 6.45. The van der Waals surface area contributed by atoms with Crippen molar-refractivity contribution in [3.05, 3.63) is 60.2 Å². The molecule has 2 bridgehead atoms. The number of ether oxygens (including phenoxy) is 2. The Morgan fingerprint density at radius 2 is 1.39 bits per heavy atom. The van der Waals surface area contributed by atoms with E-state index in [1.165, 1.54) is 36.4 Å². The lowest BCUT2D eigenvalue weighted by atomic mass is 9.60. The molecule has 5 rings (SSSR count). The minimum absolute atomic E-state index is 0.248. The highest BCUT2D eigenvalue weighted by atomic mass is 19.1. The van der Waals surface area contributed by atoms with Crippen LogP contribution in [0, 0.1) is 11.6 Å². The van der Waals surface area contributed by atoms with Gasteiger partial charge in [-0.05, 0) is 56.4 Å². The normalized spacial score (nSPS) is 25.8. The Hall–Kier alpha value is -3.20. The fourth-order valence-corrected chi connectivity index (χ4v) is 4.72. The third kappa shape index (κ3) is 5.42. The first-order valence-electron chi connectivity index (χ1n) is 10.8. The van der Waals surface area contributed by atoms with E-state index in [0.29, 0.717) is 32.1 Å². The van der Waals surface area contributed by atoms with Gasteiger partial charge in [-0.1, -0.05) is 12.1 Å². The minimum Gasteiger partial charge on any atom is -0.484 e. The van der Waals surface area contributed by atoms with Gasteiger partial charge < -0.3 is 25.2 Å². The van der Waals surface area contributed by atoms with E-state index in [1.807, 2.05) is 0 Å². The molecular formula is C24H26F2N2O5.